The van der Waals surface area contributed by atoms with Crippen LogP contribution in [0.4, 0.5) is 5.82 Å². The van der Waals surface area contributed by atoms with E-state index >= 15 is 0 Å². The van der Waals surface area contributed by atoms with Crippen LogP contribution in [0.5, 0.6) is 0 Å². The monoisotopic (exact) mass is 591 g/mol. The molecule has 2 heterocycles. The first-order valence-electron chi connectivity index (χ1n) is 12.3. The van der Waals surface area contributed by atoms with Gasteiger partial charge in [0.25, 0.3) is 0 Å². The number of aromatic nitrogens is 1. The van der Waals surface area contributed by atoms with Crippen LogP contribution in [0.2, 0.25) is 0 Å². The summed E-state index contributed by atoms with van der Waals surface area (Å²) in [4.78, 5) is 14.0. The average Bonchev–Trinajstić information content (AvgIpc) is 3.49. The number of alkyl halides is 3. The summed E-state index contributed by atoms with van der Waals surface area (Å²) in [5.41, 5.74) is 2.30. The van der Waals surface area contributed by atoms with E-state index in [-0.39, 0.29) is 5.91 Å². The number of amides is 1. The molecule has 1 atom stereocenters. The Hall–Kier alpha value is -1.93. The number of hydrogen-bond acceptors (Lipinski definition) is 4. The van der Waals surface area contributed by atoms with Gasteiger partial charge in [-0.05, 0) is 36.5 Å². The number of benzene rings is 2. The van der Waals surface area contributed by atoms with Gasteiger partial charge in [0.05, 0.1) is 4.70 Å². The van der Waals surface area contributed by atoms with Crippen LogP contribution in [0.15, 0.2) is 54.6 Å². The Balaban J connectivity index is 0.000000192. The second-order valence-electron chi connectivity index (χ2n) is 8.50. The standard InChI is InChI=1S/C15H20INO.C13H18N2S/c1-3-16-10-14(16)11-17-15(18)8-7-13-6-4-5-12(2)9-13;1-3-9-15(10-4-2)13-11-7-5-6-8-12(11)16-14-13/h4-9,14H,3,10-11H2,1-2H3,(H,17,18);5-8H,3-4,9-10H2,1-2H3/b8-7+;. The number of rotatable bonds is 10. The van der Waals surface area contributed by atoms with E-state index in [9.17, 15) is 4.79 Å². The van der Waals surface area contributed by atoms with E-state index in [1.165, 1.54) is 43.2 Å². The summed E-state index contributed by atoms with van der Waals surface area (Å²) >= 11 is 1.05. The van der Waals surface area contributed by atoms with Crippen LogP contribution in [0.3, 0.4) is 0 Å². The van der Waals surface area contributed by atoms with Crippen LogP contribution in [0.1, 0.15) is 44.7 Å². The number of nitrogens with one attached hydrogen (secondary N) is 1. The van der Waals surface area contributed by atoms with Crippen LogP contribution in [0.25, 0.3) is 16.2 Å². The van der Waals surface area contributed by atoms with Crippen molar-refractivity contribution in [2.45, 2.75) is 44.5 Å². The third-order valence-electron chi connectivity index (χ3n) is 5.66. The van der Waals surface area contributed by atoms with Crippen molar-refractivity contribution in [3.8, 4) is 0 Å². The Morgan fingerprint density at radius 3 is 2.59 bits per heavy atom. The molecule has 1 N–H and O–H groups in total. The number of hydrogen-bond donors (Lipinski definition) is 1. The van der Waals surface area contributed by atoms with Crippen molar-refractivity contribution < 1.29 is 4.79 Å². The molecule has 1 unspecified atom stereocenters. The summed E-state index contributed by atoms with van der Waals surface area (Å²) in [6.07, 6.45) is 5.87. The second-order valence-corrected chi connectivity index (χ2v) is 16.3. The van der Waals surface area contributed by atoms with E-state index in [1.54, 1.807) is 17.6 Å². The number of fused-ring (bicyclic) bond motifs is 1. The Kier molecular flexibility index (Phi) is 10.8. The van der Waals surface area contributed by atoms with E-state index in [1.807, 2.05) is 18.2 Å². The SMILES string of the molecule is CCCN(CCC)c1nsc2ccccc12.CCI1CC1CNC(=O)/C=C/c1cccc(C)c1. The Morgan fingerprint density at radius 1 is 1.15 bits per heavy atom. The van der Waals surface area contributed by atoms with Gasteiger partial charge in [0.15, 0.2) is 0 Å². The molecular formula is C28H38IN3OS. The van der Waals surface area contributed by atoms with Gasteiger partial charge in [0, 0.05) is 18.5 Å². The van der Waals surface area contributed by atoms with Crippen LogP contribution < -0.4 is 10.2 Å². The number of anilines is 1. The quantitative estimate of drug-likeness (QED) is 0.158. The summed E-state index contributed by atoms with van der Waals surface area (Å²) in [5, 5.41) is 4.31. The van der Waals surface area contributed by atoms with E-state index in [2.05, 4.69) is 78.7 Å². The number of carbonyl (C=O) groups excluding carboxylic acids is 1. The van der Waals surface area contributed by atoms with Crippen molar-refractivity contribution >= 4 is 59.2 Å². The Bertz CT molecular complexity index is 1070. The van der Waals surface area contributed by atoms with Crippen molar-refractivity contribution in [2.75, 3.05) is 33.4 Å². The van der Waals surface area contributed by atoms with Crippen LogP contribution in [-0.4, -0.2) is 42.7 Å². The van der Waals surface area contributed by atoms with Gasteiger partial charge in [-0.25, -0.2) is 0 Å². The fourth-order valence-electron chi connectivity index (χ4n) is 3.85. The minimum absolute atomic E-state index is 0.0373. The van der Waals surface area contributed by atoms with Gasteiger partial charge in [-0.3, -0.25) is 0 Å². The topological polar surface area (TPSA) is 45.2 Å². The first-order chi connectivity index (χ1) is 16.5. The van der Waals surface area contributed by atoms with Gasteiger partial charge in [0.2, 0.25) is 0 Å². The summed E-state index contributed by atoms with van der Waals surface area (Å²) in [6.45, 7) is 11.9. The van der Waals surface area contributed by atoms with E-state index in [4.69, 9.17) is 0 Å². The summed E-state index contributed by atoms with van der Waals surface area (Å²) in [5.74, 6) is 1.21. The first kappa shape index (κ1) is 26.7. The molecule has 6 heteroatoms. The van der Waals surface area contributed by atoms with E-state index < -0.39 is 19.8 Å². The number of halogens is 1. The van der Waals surface area contributed by atoms with Crippen molar-refractivity contribution in [1.82, 2.24) is 9.69 Å². The molecule has 1 aliphatic rings. The maximum atomic E-state index is 11.6. The van der Waals surface area contributed by atoms with Gasteiger partial charge in [-0.2, -0.15) is 4.37 Å². The molecule has 34 heavy (non-hydrogen) atoms. The molecule has 1 fully saturated rings. The molecular weight excluding hydrogens is 553 g/mol. The summed E-state index contributed by atoms with van der Waals surface area (Å²) in [7, 11) is 0. The molecule has 0 bridgehead atoms. The zero-order valence-electron chi connectivity index (χ0n) is 20.9. The molecule has 184 valence electrons. The van der Waals surface area contributed by atoms with Crippen molar-refractivity contribution in [1.29, 1.82) is 0 Å². The Labute approximate surface area is 216 Å². The first-order valence-corrected chi connectivity index (χ1v) is 17.3. The number of carbonyl (C=O) groups is 1. The Morgan fingerprint density at radius 2 is 1.91 bits per heavy atom. The number of nitrogens with zero attached hydrogens (tertiary/aromatic N) is 2. The van der Waals surface area contributed by atoms with Crippen LogP contribution in [0, 0.1) is 6.92 Å². The molecule has 2 aromatic carbocycles. The molecule has 0 radical (unpaired) electrons. The van der Waals surface area contributed by atoms with Gasteiger partial charge >= 0.3 is 117 Å². The molecule has 1 amide bonds. The predicted octanol–water partition coefficient (Wildman–Crippen LogP) is 6.96. The van der Waals surface area contributed by atoms with E-state index in [0.29, 0.717) is 0 Å². The third kappa shape index (κ3) is 8.08. The molecule has 1 aromatic heterocycles. The minimum atomic E-state index is -0.557. The predicted molar refractivity (Wildman–Crippen MR) is 159 cm³/mol. The molecule has 4 nitrogen and oxygen atoms in total. The molecule has 0 spiro atoms. The molecule has 0 saturated carbocycles. The molecule has 1 saturated heterocycles. The van der Waals surface area contributed by atoms with E-state index in [0.717, 1.165) is 29.1 Å². The summed E-state index contributed by atoms with van der Waals surface area (Å²) in [6, 6.07) is 16.6. The second kappa shape index (κ2) is 13.8. The molecule has 1 aliphatic heterocycles. The maximum absolute atomic E-state index is 11.6. The molecule has 3 aromatic rings. The van der Waals surface area contributed by atoms with Gasteiger partial charge < -0.3 is 4.90 Å². The number of aryl methyl sites for hydroxylation is 1. The molecule has 0 aliphatic carbocycles. The van der Waals surface area contributed by atoms with Gasteiger partial charge in [-0.1, -0.05) is 26.0 Å². The third-order valence-corrected chi connectivity index (χ3v) is 12.9. The average molecular weight is 592 g/mol. The zero-order chi connectivity index (χ0) is 24.3. The van der Waals surface area contributed by atoms with Gasteiger partial charge in [0.1, 0.15) is 5.82 Å². The molecule has 4 rings (SSSR count). The van der Waals surface area contributed by atoms with Crippen molar-refractivity contribution in [3.05, 3.63) is 65.7 Å². The van der Waals surface area contributed by atoms with Crippen molar-refractivity contribution in [3.63, 3.8) is 0 Å². The van der Waals surface area contributed by atoms with Crippen LogP contribution in [-0.2, 0) is 4.79 Å². The van der Waals surface area contributed by atoms with Gasteiger partial charge in [-0.15, -0.1) is 0 Å². The zero-order valence-corrected chi connectivity index (χ0v) is 23.9. The normalized spacial score (nSPS) is 15.8. The fraction of sp³-hybridized carbons (Fsp3) is 0.429. The van der Waals surface area contributed by atoms with Crippen molar-refractivity contribution in [2.24, 2.45) is 0 Å². The fourth-order valence-corrected chi connectivity index (χ4v) is 10.3. The van der Waals surface area contributed by atoms with Crippen LogP contribution >= 0.6 is 31.4 Å². The summed E-state index contributed by atoms with van der Waals surface area (Å²) < 4.78 is 9.58.